The van der Waals surface area contributed by atoms with Gasteiger partial charge in [-0.1, -0.05) is 19.1 Å². The second-order valence-corrected chi connectivity index (χ2v) is 4.31. The lowest BCUT2D eigenvalue weighted by Gasteiger charge is -2.08. The van der Waals surface area contributed by atoms with Crippen molar-refractivity contribution < 1.29 is 9.90 Å². The lowest BCUT2D eigenvalue weighted by atomic mass is 10.1. The molecule has 0 amide bonds. The molecular weight excluding hydrogens is 240 g/mol. The third-order valence-corrected chi connectivity index (χ3v) is 2.95. The Morgan fingerprint density at radius 1 is 1.21 bits per heavy atom. The number of anilines is 2. The minimum Gasteiger partial charge on any atom is -0.478 e. The number of hydrogen-bond acceptors (Lipinski definition) is 3. The molecule has 2 rings (SSSR count). The molecule has 0 aliphatic heterocycles. The molecule has 4 nitrogen and oxygen atoms in total. The van der Waals surface area contributed by atoms with Gasteiger partial charge >= 0.3 is 5.97 Å². The van der Waals surface area contributed by atoms with E-state index in [1.54, 1.807) is 19.1 Å². The van der Waals surface area contributed by atoms with E-state index in [1.165, 1.54) is 5.56 Å². The fourth-order valence-corrected chi connectivity index (χ4v) is 1.83. The topological polar surface area (TPSA) is 62.2 Å². The van der Waals surface area contributed by atoms with Crippen molar-refractivity contribution >= 4 is 17.5 Å². The maximum Gasteiger partial charge on any atom is 0.337 e. The highest BCUT2D eigenvalue weighted by Gasteiger charge is 2.08. The number of aromatic nitrogens is 1. The van der Waals surface area contributed by atoms with Crippen LogP contribution in [-0.4, -0.2) is 16.1 Å². The maximum absolute atomic E-state index is 10.9. The quantitative estimate of drug-likeness (QED) is 0.880. The summed E-state index contributed by atoms with van der Waals surface area (Å²) in [5.41, 5.74) is 2.94. The van der Waals surface area contributed by atoms with Gasteiger partial charge in [0.05, 0.1) is 11.3 Å². The van der Waals surface area contributed by atoms with Crippen molar-refractivity contribution in [1.29, 1.82) is 0 Å². The molecule has 1 heterocycles. The highest BCUT2D eigenvalue weighted by Crippen LogP contribution is 2.17. The first-order valence-corrected chi connectivity index (χ1v) is 6.17. The molecule has 98 valence electrons. The van der Waals surface area contributed by atoms with Gasteiger partial charge in [-0.15, -0.1) is 0 Å². The zero-order valence-electron chi connectivity index (χ0n) is 11.0. The van der Waals surface area contributed by atoms with Crippen LogP contribution >= 0.6 is 0 Å². The average molecular weight is 256 g/mol. The second-order valence-electron chi connectivity index (χ2n) is 4.31. The molecule has 0 radical (unpaired) electrons. The van der Waals surface area contributed by atoms with E-state index in [0.29, 0.717) is 11.5 Å². The minimum absolute atomic E-state index is 0.229. The van der Waals surface area contributed by atoms with Crippen molar-refractivity contribution in [3.63, 3.8) is 0 Å². The van der Waals surface area contributed by atoms with E-state index in [2.05, 4.69) is 29.4 Å². The molecule has 0 aliphatic carbocycles. The Balaban J connectivity index is 2.18. The van der Waals surface area contributed by atoms with Crippen molar-refractivity contribution in [2.45, 2.75) is 20.3 Å². The Bertz CT molecular complexity index is 592. The highest BCUT2D eigenvalue weighted by atomic mass is 16.4. The number of benzene rings is 1. The molecule has 0 aliphatic rings. The number of aromatic carboxylic acids is 1. The Morgan fingerprint density at radius 2 is 1.89 bits per heavy atom. The summed E-state index contributed by atoms with van der Waals surface area (Å²) in [6.45, 7) is 3.80. The predicted octanol–water partition coefficient (Wildman–Crippen LogP) is 3.39. The summed E-state index contributed by atoms with van der Waals surface area (Å²) >= 11 is 0. The van der Waals surface area contributed by atoms with Crippen LogP contribution in [0.5, 0.6) is 0 Å². The van der Waals surface area contributed by atoms with Gasteiger partial charge in [-0.2, -0.15) is 0 Å². The van der Waals surface area contributed by atoms with Crippen molar-refractivity contribution in [1.82, 2.24) is 4.98 Å². The van der Waals surface area contributed by atoms with Crippen LogP contribution < -0.4 is 5.32 Å². The van der Waals surface area contributed by atoms with Crippen molar-refractivity contribution in [2.75, 3.05) is 5.32 Å². The van der Waals surface area contributed by atoms with E-state index in [-0.39, 0.29) is 5.56 Å². The fourth-order valence-electron chi connectivity index (χ4n) is 1.83. The van der Waals surface area contributed by atoms with Gasteiger partial charge in [0, 0.05) is 5.69 Å². The summed E-state index contributed by atoms with van der Waals surface area (Å²) in [5, 5.41) is 12.1. The van der Waals surface area contributed by atoms with Gasteiger partial charge in [-0.25, -0.2) is 9.78 Å². The van der Waals surface area contributed by atoms with Crippen LogP contribution in [0.3, 0.4) is 0 Å². The Kier molecular flexibility index (Phi) is 3.80. The lowest BCUT2D eigenvalue weighted by molar-refractivity contribution is 0.0695. The van der Waals surface area contributed by atoms with Crippen LogP contribution in [0, 0.1) is 6.92 Å². The number of nitrogens with zero attached hydrogens (tertiary/aromatic N) is 1. The van der Waals surface area contributed by atoms with Crippen LogP contribution in [-0.2, 0) is 6.42 Å². The standard InChI is InChI=1S/C15H16N2O2/c1-3-11-4-6-12(7-5-11)17-14-9-8-13(15(18)19)10(2)16-14/h4-9H,3H2,1-2H3,(H,16,17)(H,18,19). The average Bonchev–Trinajstić information content (AvgIpc) is 2.39. The van der Waals surface area contributed by atoms with E-state index < -0.39 is 5.97 Å². The summed E-state index contributed by atoms with van der Waals surface area (Å²) in [7, 11) is 0. The van der Waals surface area contributed by atoms with Gasteiger partial charge in [-0.3, -0.25) is 0 Å². The fraction of sp³-hybridized carbons (Fsp3) is 0.200. The third-order valence-electron chi connectivity index (χ3n) is 2.95. The first-order chi connectivity index (χ1) is 9.10. The van der Waals surface area contributed by atoms with E-state index >= 15 is 0 Å². The SMILES string of the molecule is CCc1ccc(Nc2ccc(C(=O)O)c(C)n2)cc1. The largest absolute Gasteiger partial charge is 0.478 e. The molecule has 0 saturated heterocycles. The van der Waals surface area contributed by atoms with E-state index in [1.807, 2.05) is 12.1 Å². The van der Waals surface area contributed by atoms with Crippen LogP contribution in [0.15, 0.2) is 36.4 Å². The zero-order valence-corrected chi connectivity index (χ0v) is 11.0. The van der Waals surface area contributed by atoms with Gasteiger partial charge in [0.15, 0.2) is 0 Å². The molecule has 0 unspecified atom stereocenters. The Morgan fingerprint density at radius 3 is 2.42 bits per heavy atom. The molecule has 0 fully saturated rings. The molecule has 0 saturated carbocycles. The smallest absolute Gasteiger partial charge is 0.337 e. The van der Waals surface area contributed by atoms with Gasteiger partial charge < -0.3 is 10.4 Å². The van der Waals surface area contributed by atoms with Crippen LogP contribution in [0.4, 0.5) is 11.5 Å². The van der Waals surface area contributed by atoms with Crippen LogP contribution in [0.1, 0.15) is 28.5 Å². The zero-order chi connectivity index (χ0) is 13.8. The maximum atomic E-state index is 10.9. The minimum atomic E-state index is -0.955. The first kappa shape index (κ1) is 13.1. The molecule has 0 spiro atoms. The van der Waals surface area contributed by atoms with Crippen LogP contribution in [0.2, 0.25) is 0 Å². The molecule has 2 N–H and O–H groups in total. The number of hydrogen-bond donors (Lipinski definition) is 2. The van der Waals surface area contributed by atoms with Crippen LogP contribution in [0.25, 0.3) is 0 Å². The number of carbonyl (C=O) groups is 1. The summed E-state index contributed by atoms with van der Waals surface area (Å²) in [5.74, 6) is -0.310. The molecule has 2 aromatic rings. The van der Waals surface area contributed by atoms with Gasteiger partial charge in [0.2, 0.25) is 0 Å². The van der Waals surface area contributed by atoms with Gasteiger partial charge in [0.25, 0.3) is 0 Å². The first-order valence-electron chi connectivity index (χ1n) is 6.17. The molecule has 0 bridgehead atoms. The van der Waals surface area contributed by atoms with Gasteiger partial charge in [0.1, 0.15) is 5.82 Å². The number of pyridine rings is 1. The summed E-state index contributed by atoms with van der Waals surface area (Å²) in [6, 6.07) is 11.3. The Labute approximate surface area is 112 Å². The normalized spacial score (nSPS) is 10.2. The lowest BCUT2D eigenvalue weighted by Crippen LogP contribution is -2.03. The summed E-state index contributed by atoms with van der Waals surface area (Å²) in [6.07, 6.45) is 1.00. The molecule has 1 aromatic heterocycles. The van der Waals surface area contributed by atoms with Crippen molar-refractivity contribution in [3.05, 3.63) is 53.2 Å². The van der Waals surface area contributed by atoms with Crippen molar-refractivity contribution in [3.8, 4) is 0 Å². The van der Waals surface area contributed by atoms with E-state index in [4.69, 9.17) is 5.11 Å². The molecule has 1 aromatic carbocycles. The number of rotatable bonds is 4. The molecule has 0 atom stereocenters. The third kappa shape index (κ3) is 3.10. The number of nitrogens with one attached hydrogen (secondary N) is 1. The van der Waals surface area contributed by atoms with Crippen molar-refractivity contribution in [2.24, 2.45) is 0 Å². The number of carboxylic acids is 1. The molecular formula is C15H16N2O2. The molecule has 4 heteroatoms. The second kappa shape index (κ2) is 5.52. The number of carboxylic acid groups (broad SMARTS) is 1. The molecule has 19 heavy (non-hydrogen) atoms. The van der Waals surface area contributed by atoms with E-state index in [0.717, 1.165) is 12.1 Å². The van der Waals surface area contributed by atoms with E-state index in [9.17, 15) is 4.79 Å². The summed E-state index contributed by atoms with van der Waals surface area (Å²) in [4.78, 5) is 15.1. The van der Waals surface area contributed by atoms with Gasteiger partial charge in [-0.05, 0) is 43.2 Å². The summed E-state index contributed by atoms with van der Waals surface area (Å²) < 4.78 is 0. The highest BCUT2D eigenvalue weighted by molar-refractivity contribution is 5.89. The Hall–Kier alpha value is -2.36. The number of aryl methyl sites for hydroxylation is 2. The monoisotopic (exact) mass is 256 g/mol. The predicted molar refractivity (Wildman–Crippen MR) is 75.0 cm³/mol.